The smallest absolute Gasteiger partial charge is 0.410 e. The van der Waals surface area contributed by atoms with Gasteiger partial charge >= 0.3 is 19.7 Å². The molecule has 1 aromatic rings. The van der Waals surface area contributed by atoms with Crippen LogP contribution in [0.3, 0.4) is 0 Å². The van der Waals surface area contributed by atoms with Gasteiger partial charge in [0.1, 0.15) is 12.6 Å². The molecule has 0 bridgehead atoms. The van der Waals surface area contributed by atoms with Crippen molar-refractivity contribution in [2.45, 2.75) is 44.5 Å². The molecule has 0 unspecified atom stereocenters. The number of ether oxygens (including phenoxy) is 1. The standard InChI is InChI=1S/C17H24NO7P/c1-17(2,26(22,23)24)13-8-9-18(14(10-13)15(19)20)16(21)25-11-12-6-4-3-5-7-12/h3-7,13-14H,8-11H2,1-2H3,(H,19,20)(H2,22,23,24)/t13-,14+/m1/s1. The number of carbonyl (C=O) groups is 2. The van der Waals surface area contributed by atoms with Crippen molar-refractivity contribution >= 4 is 19.7 Å². The van der Waals surface area contributed by atoms with Crippen LogP contribution in [0.5, 0.6) is 0 Å². The van der Waals surface area contributed by atoms with Crippen LogP contribution in [-0.4, -0.2) is 49.6 Å². The molecule has 2 atom stereocenters. The van der Waals surface area contributed by atoms with Gasteiger partial charge in [0, 0.05) is 6.54 Å². The van der Waals surface area contributed by atoms with E-state index >= 15 is 0 Å². The third-order valence-electron chi connectivity index (χ3n) is 5.08. The Morgan fingerprint density at radius 1 is 1.27 bits per heavy atom. The van der Waals surface area contributed by atoms with E-state index in [1.165, 1.54) is 13.8 Å². The Hall–Kier alpha value is -1.89. The molecule has 1 fully saturated rings. The molecule has 1 amide bonds. The molecule has 1 heterocycles. The molecule has 144 valence electrons. The second-order valence-corrected chi connectivity index (χ2v) is 9.25. The van der Waals surface area contributed by atoms with Gasteiger partial charge in [0.2, 0.25) is 0 Å². The van der Waals surface area contributed by atoms with Crippen LogP contribution in [0.1, 0.15) is 32.3 Å². The van der Waals surface area contributed by atoms with Gasteiger partial charge in [0.15, 0.2) is 0 Å². The lowest BCUT2D eigenvalue weighted by atomic mass is 9.82. The van der Waals surface area contributed by atoms with E-state index in [1.807, 2.05) is 6.07 Å². The quantitative estimate of drug-likeness (QED) is 0.665. The summed E-state index contributed by atoms with van der Waals surface area (Å²) in [5.41, 5.74) is 0.783. The van der Waals surface area contributed by atoms with Crippen LogP contribution < -0.4 is 0 Å². The highest BCUT2D eigenvalue weighted by Gasteiger charge is 2.49. The van der Waals surface area contributed by atoms with Crippen LogP contribution >= 0.6 is 7.60 Å². The van der Waals surface area contributed by atoms with E-state index in [1.54, 1.807) is 24.3 Å². The number of carbonyl (C=O) groups excluding carboxylic acids is 1. The fourth-order valence-corrected chi connectivity index (χ4v) is 3.81. The van der Waals surface area contributed by atoms with Crippen molar-refractivity contribution in [3.05, 3.63) is 35.9 Å². The van der Waals surface area contributed by atoms with Crippen molar-refractivity contribution in [1.82, 2.24) is 4.90 Å². The molecule has 26 heavy (non-hydrogen) atoms. The van der Waals surface area contributed by atoms with E-state index in [0.717, 1.165) is 10.5 Å². The number of benzene rings is 1. The molecule has 0 radical (unpaired) electrons. The maximum Gasteiger partial charge on any atom is 0.410 e. The predicted octanol–water partition coefficient (Wildman–Crippen LogP) is 2.44. The topological polar surface area (TPSA) is 124 Å². The summed E-state index contributed by atoms with van der Waals surface area (Å²) in [5.74, 6) is -1.74. The molecule has 1 aliphatic heterocycles. The number of piperidine rings is 1. The number of carboxylic acid groups (broad SMARTS) is 1. The van der Waals surface area contributed by atoms with Crippen LogP contribution in [0.15, 0.2) is 30.3 Å². The van der Waals surface area contributed by atoms with Crippen molar-refractivity contribution in [3.8, 4) is 0 Å². The van der Waals surface area contributed by atoms with Gasteiger partial charge in [-0.1, -0.05) is 30.3 Å². The molecule has 9 heteroatoms. The molecule has 0 aliphatic carbocycles. The highest BCUT2D eigenvalue weighted by Crippen LogP contribution is 2.56. The lowest BCUT2D eigenvalue weighted by Gasteiger charge is -2.43. The largest absolute Gasteiger partial charge is 0.480 e. The van der Waals surface area contributed by atoms with Crippen molar-refractivity contribution in [1.29, 1.82) is 0 Å². The number of likely N-dealkylation sites (tertiary alicyclic amines) is 1. The van der Waals surface area contributed by atoms with Crippen LogP contribution in [0, 0.1) is 5.92 Å². The highest BCUT2D eigenvalue weighted by atomic mass is 31.2. The molecule has 0 spiro atoms. The zero-order valence-corrected chi connectivity index (χ0v) is 15.6. The maximum absolute atomic E-state index is 12.3. The molecule has 0 saturated carbocycles. The third kappa shape index (κ3) is 4.44. The van der Waals surface area contributed by atoms with E-state index < -0.39 is 36.8 Å². The van der Waals surface area contributed by atoms with Crippen LogP contribution in [0.25, 0.3) is 0 Å². The average Bonchev–Trinajstić information content (AvgIpc) is 2.59. The van der Waals surface area contributed by atoms with Gasteiger partial charge in [0.05, 0.1) is 5.16 Å². The SMILES string of the molecule is CC(C)([C@@H]1CCN(C(=O)OCc2ccccc2)[C@H](C(=O)O)C1)P(=O)(O)O. The Balaban J connectivity index is 2.07. The summed E-state index contributed by atoms with van der Waals surface area (Å²) < 4.78 is 17.0. The van der Waals surface area contributed by atoms with Gasteiger partial charge in [-0.25, -0.2) is 9.59 Å². The second kappa shape index (κ2) is 7.78. The third-order valence-corrected chi connectivity index (χ3v) is 6.94. The molecule has 2 rings (SSSR count). The van der Waals surface area contributed by atoms with Crippen molar-refractivity contribution < 1.29 is 33.8 Å². The zero-order chi connectivity index (χ0) is 19.5. The number of carboxylic acids is 1. The zero-order valence-electron chi connectivity index (χ0n) is 14.7. The van der Waals surface area contributed by atoms with Gasteiger partial charge in [-0.3, -0.25) is 9.46 Å². The highest BCUT2D eigenvalue weighted by molar-refractivity contribution is 7.53. The molecule has 1 aromatic carbocycles. The van der Waals surface area contributed by atoms with Gasteiger partial charge < -0.3 is 19.6 Å². The van der Waals surface area contributed by atoms with Crippen LogP contribution in [0.4, 0.5) is 4.79 Å². The molecule has 0 aromatic heterocycles. The molecular weight excluding hydrogens is 361 g/mol. The van der Waals surface area contributed by atoms with E-state index in [0.29, 0.717) is 6.42 Å². The summed E-state index contributed by atoms with van der Waals surface area (Å²) in [6.07, 6.45) is -0.482. The molecular formula is C17H24NO7P. The van der Waals surface area contributed by atoms with E-state index in [9.17, 15) is 29.0 Å². The van der Waals surface area contributed by atoms with E-state index in [-0.39, 0.29) is 19.6 Å². The summed E-state index contributed by atoms with van der Waals surface area (Å²) in [4.78, 5) is 44.2. The number of hydrogen-bond donors (Lipinski definition) is 3. The van der Waals surface area contributed by atoms with Gasteiger partial charge in [-0.2, -0.15) is 0 Å². The molecule has 1 aliphatic rings. The average molecular weight is 385 g/mol. The number of rotatable bonds is 5. The fourth-order valence-electron chi connectivity index (χ4n) is 3.10. The Kier molecular flexibility index (Phi) is 6.11. The monoisotopic (exact) mass is 385 g/mol. The summed E-state index contributed by atoms with van der Waals surface area (Å²) in [5, 5.41) is 8.13. The number of hydrogen-bond acceptors (Lipinski definition) is 4. The lowest BCUT2D eigenvalue weighted by Crippen LogP contribution is -2.53. The molecule has 3 N–H and O–H groups in total. The maximum atomic E-state index is 12.3. The minimum atomic E-state index is -4.42. The van der Waals surface area contributed by atoms with E-state index in [4.69, 9.17) is 4.74 Å². The molecule has 8 nitrogen and oxygen atoms in total. The summed E-state index contributed by atoms with van der Waals surface area (Å²) in [6.45, 7) is 2.96. The van der Waals surface area contributed by atoms with Crippen molar-refractivity contribution in [3.63, 3.8) is 0 Å². The van der Waals surface area contributed by atoms with Crippen LogP contribution in [0.2, 0.25) is 0 Å². The van der Waals surface area contributed by atoms with E-state index in [2.05, 4.69) is 0 Å². The first-order valence-electron chi connectivity index (χ1n) is 8.30. The minimum absolute atomic E-state index is 0.0277. The van der Waals surface area contributed by atoms with Gasteiger partial charge in [-0.05, 0) is 38.2 Å². The first kappa shape index (κ1) is 20.4. The Labute approximate surface area is 151 Å². The number of aliphatic carboxylic acids is 1. The minimum Gasteiger partial charge on any atom is -0.480 e. The Morgan fingerprint density at radius 3 is 2.42 bits per heavy atom. The predicted molar refractivity (Wildman–Crippen MR) is 93.6 cm³/mol. The first-order chi connectivity index (χ1) is 12.0. The van der Waals surface area contributed by atoms with Crippen molar-refractivity contribution in [2.75, 3.05) is 6.54 Å². The summed E-state index contributed by atoms with van der Waals surface area (Å²) in [6, 6.07) is 7.84. The Morgan fingerprint density at radius 2 is 1.88 bits per heavy atom. The number of amides is 1. The second-order valence-electron chi connectivity index (χ2n) is 7.01. The summed E-state index contributed by atoms with van der Waals surface area (Å²) >= 11 is 0. The summed E-state index contributed by atoms with van der Waals surface area (Å²) in [7, 11) is -4.42. The first-order valence-corrected chi connectivity index (χ1v) is 9.91. The Bertz CT molecular complexity index is 700. The van der Waals surface area contributed by atoms with Gasteiger partial charge in [0.25, 0.3) is 0 Å². The number of nitrogens with zero attached hydrogens (tertiary/aromatic N) is 1. The lowest BCUT2D eigenvalue weighted by molar-refractivity contribution is -0.145. The molecule has 1 saturated heterocycles. The fraction of sp³-hybridized carbons (Fsp3) is 0.529. The van der Waals surface area contributed by atoms with Crippen LogP contribution in [-0.2, 0) is 20.7 Å². The van der Waals surface area contributed by atoms with Crippen molar-refractivity contribution in [2.24, 2.45) is 5.92 Å². The van der Waals surface area contributed by atoms with Gasteiger partial charge in [-0.15, -0.1) is 0 Å². The normalized spacial score (nSPS) is 21.3.